The maximum Gasteiger partial charge on any atom is 0.191 e. The molecule has 0 amide bonds. The minimum atomic E-state index is 0. The molecule has 2 aromatic rings. The summed E-state index contributed by atoms with van der Waals surface area (Å²) in [6.45, 7) is 6.10. The minimum Gasteiger partial charge on any atom is -0.355 e. The van der Waals surface area contributed by atoms with Gasteiger partial charge in [-0.05, 0) is 31.7 Å². The molecule has 1 aromatic carbocycles. The summed E-state index contributed by atoms with van der Waals surface area (Å²) < 4.78 is 2.06. The van der Waals surface area contributed by atoms with Crippen molar-refractivity contribution in [3.63, 3.8) is 0 Å². The molecular weight excluding hydrogens is 513 g/mol. The molecule has 0 bridgehead atoms. The smallest absolute Gasteiger partial charge is 0.191 e. The largest absolute Gasteiger partial charge is 0.355 e. The second-order valence-corrected chi connectivity index (χ2v) is 9.05. The van der Waals surface area contributed by atoms with Gasteiger partial charge in [-0.2, -0.15) is 5.10 Å². The van der Waals surface area contributed by atoms with Gasteiger partial charge >= 0.3 is 0 Å². The summed E-state index contributed by atoms with van der Waals surface area (Å²) in [6.07, 6.45) is 7.84. The van der Waals surface area contributed by atoms with Crippen molar-refractivity contribution in [3.8, 4) is 0 Å². The number of aromatic nitrogens is 3. The lowest BCUT2D eigenvalue weighted by Gasteiger charge is -2.35. The molecule has 7 nitrogen and oxygen atoms in total. The molecule has 2 heterocycles. The summed E-state index contributed by atoms with van der Waals surface area (Å²) in [5.74, 6) is 2.94. The summed E-state index contributed by atoms with van der Waals surface area (Å²) in [5, 5.41) is 15.8. The Morgan fingerprint density at radius 2 is 2.00 bits per heavy atom. The van der Waals surface area contributed by atoms with Crippen LogP contribution in [0.1, 0.15) is 69.2 Å². The predicted octanol–water partition coefficient (Wildman–Crippen LogP) is 3.60. The molecule has 4 rings (SSSR count). The van der Waals surface area contributed by atoms with E-state index in [4.69, 9.17) is 0 Å². The van der Waals surface area contributed by atoms with E-state index < -0.39 is 0 Å². The van der Waals surface area contributed by atoms with Gasteiger partial charge in [-0.25, -0.2) is 9.67 Å². The lowest BCUT2D eigenvalue weighted by atomic mass is 9.94. The highest BCUT2D eigenvalue weighted by molar-refractivity contribution is 14.0. The molecule has 2 aliphatic rings. The van der Waals surface area contributed by atoms with E-state index in [1.807, 2.05) is 7.05 Å². The molecule has 0 saturated heterocycles. The van der Waals surface area contributed by atoms with Crippen molar-refractivity contribution in [3.05, 3.63) is 47.5 Å². The lowest BCUT2D eigenvalue weighted by molar-refractivity contribution is 0.296. The molecular formula is C24H38IN7. The third-order valence-corrected chi connectivity index (χ3v) is 6.76. The molecule has 0 spiro atoms. The topological polar surface area (TPSA) is 79.2 Å². The number of nitrogens with zero attached hydrogens (tertiary/aromatic N) is 4. The third-order valence-electron chi connectivity index (χ3n) is 6.76. The average Bonchev–Trinajstić information content (AvgIpc) is 3.43. The van der Waals surface area contributed by atoms with Crippen molar-refractivity contribution < 1.29 is 0 Å². The molecule has 1 saturated carbocycles. The van der Waals surface area contributed by atoms with Gasteiger partial charge in [0.25, 0.3) is 0 Å². The van der Waals surface area contributed by atoms with Crippen molar-refractivity contribution in [2.75, 3.05) is 13.6 Å². The number of hydrogen-bond acceptors (Lipinski definition) is 4. The first-order chi connectivity index (χ1) is 15.1. The van der Waals surface area contributed by atoms with Gasteiger partial charge < -0.3 is 16.0 Å². The van der Waals surface area contributed by atoms with Gasteiger partial charge in [0.05, 0.1) is 6.54 Å². The molecule has 2 unspecified atom stereocenters. The van der Waals surface area contributed by atoms with Crippen molar-refractivity contribution in [2.24, 2.45) is 4.99 Å². The van der Waals surface area contributed by atoms with E-state index in [2.05, 4.69) is 79.9 Å². The lowest BCUT2D eigenvalue weighted by Crippen LogP contribution is -2.55. The molecule has 1 aliphatic heterocycles. The number of benzene rings is 1. The summed E-state index contributed by atoms with van der Waals surface area (Å²) in [4.78, 5) is 9.13. The highest BCUT2D eigenvalue weighted by atomic mass is 127. The van der Waals surface area contributed by atoms with E-state index in [1.165, 1.54) is 31.2 Å². The Morgan fingerprint density at radius 3 is 2.69 bits per heavy atom. The van der Waals surface area contributed by atoms with Crippen molar-refractivity contribution in [1.82, 2.24) is 30.7 Å². The fraction of sp³-hybridized carbons (Fsp3) is 0.625. The first-order valence-electron chi connectivity index (χ1n) is 11.8. The van der Waals surface area contributed by atoms with Crippen LogP contribution in [0.2, 0.25) is 0 Å². The molecule has 3 N–H and O–H groups in total. The first kappa shape index (κ1) is 25.0. The summed E-state index contributed by atoms with van der Waals surface area (Å²) in [7, 11) is 1.86. The van der Waals surface area contributed by atoms with E-state index in [9.17, 15) is 0 Å². The van der Waals surface area contributed by atoms with Crippen LogP contribution >= 0.6 is 24.0 Å². The summed E-state index contributed by atoms with van der Waals surface area (Å²) >= 11 is 0. The van der Waals surface area contributed by atoms with Gasteiger partial charge in [0, 0.05) is 44.1 Å². The molecule has 2 atom stereocenters. The maximum atomic E-state index is 4.63. The number of halogens is 1. The van der Waals surface area contributed by atoms with E-state index >= 15 is 0 Å². The highest BCUT2D eigenvalue weighted by Crippen LogP contribution is 2.31. The second-order valence-electron chi connectivity index (χ2n) is 9.05. The number of aliphatic imine (C=N–C) groups is 1. The Hall–Kier alpha value is -1.68. The van der Waals surface area contributed by atoms with Gasteiger partial charge in [-0.15, -0.1) is 24.0 Å². The normalized spacial score (nSPS) is 20.8. The monoisotopic (exact) mass is 551 g/mol. The second kappa shape index (κ2) is 11.4. The zero-order valence-corrected chi connectivity index (χ0v) is 21.9. The Kier molecular flexibility index (Phi) is 8.93. The number of fused-ring (bicyclic) bond motifs is 1. The highest BCUT2D eigenvalue weighted by Gasteiger charge is 2.35. The van der Waals surface area contributed by atoms with Gasteiger partial charge in [-0.1, -0.05) is 50.1 Å². The number of hydrogen-bond donors (Lipinski definition) is 3. The van der Waals surface area contributed by atoms with E-state index in [-0.39, 0.29) is 29.5 Å². The molecule has 32 heavy (non-hydrogen) atoms. The van der Waals surface area contributed by atoms with Gasteiger partial charge in [-0.3, -0.25) is 4.99 Å². The number of nitrogens with one attached hydrogen (secondary N) is 3. The van der Waals surface area contributed by atoms with Crippen LogP contribution in [0.4, 0.5) is 0 Å². The number of guanidine groups is 1. The van der Waals surface area contributed by atoms with Crippen LogP contribution in [-0.2, 0) is 19.4 Å². The third kappa shape index (κ3) is 6.01. The molecule has 176 valence electrons. The molecule has 1 aliphatic carbocycles. The fourth-order valence-electron chi connectivity index (χ4n) is 4.98. The SMILES string of the molecule is CCc1nc2n(n1)CC(NC(=NC)NCC1(NC(C)c3ccccc3)CCCC1)CC2.I. The summed E-state index contributed by atoms with van der Waals surface area (Å²) in [6, 6.07) is 11.4. The first-order valence-corrected chi connectivity index (χ1v) is 11.8. The number of rotatable bonds is 7. The van der Waals surface area contributed by atoms with Crippen molar-refractivity contribution >= 4 is 29.9 Å². The molecule has 1 fully saturated rings. The zero-order chi connectivity index (χ0) is 21.7. The Balaban J connectivity index is 0.00000289. The van der Waals surface area contributed by atoms with Crippen LogP contribution in [0.25, 0.3) is 0 Å². The Morgan fingerprint density at radius 1 is 1.25 bits per heavy atom. The van der Waals surface area contributed by atoms with E-state index in [1.54, 1.807) is 0 Å². The van der Waals surface area contributed by atoms with E-state index in [0.29, 0.717) is 12.1 Å². The van der Waals surface area contributed by atoms with Crippen LogP contribution < -0.4 is 16.0 Å². The van der Waals surface area contributed by atoms with Crippen LogP contribution in [0.3, 0.4) is 0 Å². The fourth-order valence-corrected chi connectivity index (χ4v) is 4.98. The molecule has 0 radical (unpaired) electrons. The Bertz CT molecular complexity index is 874. The van der Waals surface area contributed by atoms with E-state index in [0.717, 1.165) is 50.0 Å². The van der Waals surface area contributed by atoms with Crippen LogP contribution in [0, 0.1) is 0 Å². The summed E-state index contributed by atoms with van der Waals surface area (Å²) in [5.41, 5.74) is 1.45. The maximum absolute atomic E-state index is 4.63. The van der Waals surface area contributed by atoms with Gasteiger partial charge in [0.2, 0.25) is 0 Å². The Labute approximate surface area is 209 Å². The minimum absolute atomic E-state index is 0. The molecule has 8 heteroatoms. The quantitative estimate of drug-likeness (QED) is 0.279. The average molecular weight is 552 g/mol. The predicted molar refractivity (Wildman–Crippen MR) is 141 cm³/mol. The van der Waals surface area contributed by atoms with Crippen LogP contribution in [-0.4, -0.2) is 45.9 Å². The van der Waals surface area contributed by atoms with Crippen LogP contribution in [0.15, 0.2) is 35.3 Å². The number of aryl methyl sites for hydroxylation is 2. The zero-order valence-electron chi connectivity index (χ0n) is 19.6. The van der Waals surface area contributed by atoms with Crippen LogP contribution in [0.5, 0.6) is 0 Å². The van der Waals surface area contributed by atoms with Crippen molar-refractivity contribution in [1.29, 1.82) is 0 Å². The van der Waals surface area contributed by atoms with Gasteiger partial charge in [0.15, 0.2) is 11.8 Å². The van der Waals surface area contributed by atoms with Crippen molar-refractivity contribution in [2.45, 2.75) is 83.0 Å². The standard InChI is InChI=1S/C24H37N7.HI/c1-4-21-28-22-13-12-20(16-31(22)30-21)27-23(25-3)26-17-24(14-8-9-15-24)29-18(2)19-10-6-5-7-11-19;/h5-7,10-11,18,20,29H,4,8-9,12-17H2,1-3H3,(H2,25,26,27);1H. The molecule has 1 aromatic heterocycles. The van der Waals surface area contributed by atoms with Gasteiger partial charge in [0.1, 0.15) is 5.82 Å².